The van der Waals surface area contributed by atoms with Crippen LogP contribution in [0.5, 0.6) is 0 Å². The van der Waals surface area contributed by atoms with E-state index in [1.165, 1.54) is 23.2 Å². The minimum absolute atomic E-state index is 0.117. The van der Waals surface area contributed by atoms with Crippen LogP contribution in [0.3, 0.4) is 0 Å². The molecule has 3 N–H and O–H groups in total. The molecule has 0 spiro atoms. The molecular formula is C22H23ClF3N3O3. The Morgan fingerprint density at radius 3 is 2.66 bits per heavy atom. The van der Waals surface area contributed by atoms with Gasteiger partial charge in [0.05, 0.1) is 22.9 Å². The van der Waals surface area contributed by atoms with Crippen molar-refractivity contribution >= 4 is 28.9 Å². The van der Waals surface area contributed by atoms with Crippen LogP contribution in [0.25, 0.3) is 5.57 Å². The Hall–Kier alpha value is -2.62. The van der Waals surface area contributed by atoms with Crippen molar-refractivity contribution in [1.29, 1.82) is 0 Å². The molecule has 0 saturated carbocycles. The normalized spacial score (nSPS) is 15.3. The van der Waals surface area contributed by atoms with Gasteiger partial charge in [-0.25, -0.2) is 4.79 Å². The lowest BCUT2D eigenvalue weighted by molar-refractivity contribution is -0.138. The van der Waals surface area contributed by atoms with E-state index in [1.54, 1.807) is 13.0 Å². The first-order chi connectivity index (χ1) is 15.1. The number of carbonyl (C=O) groups is 1. The maximum Gasteiger partial charge on any atom is 0.416 e. The third-order valence-corrected chi connectivity index (χ3v) is 5.55. The summed E-state index contributed by atoms with van der Waals surface area (Å²) in [4.78, 5) is 18.4. The number of amides is 2. The lowest BCUT2D eigenvalue weighted by atomic mass is 10.0. The number of carbonyl (C=O) groups excluding carboxylic acids is 1. The maximum atomic E-state index is 13.1. The van der Waals surface area contributed by atoms with E-state index in [4.69, 9.17) is 16.7 Å². The number of hydrogen-bond donors (Lipinski definition) is 3. The fourth-order valence-electron chi connectivity index (χ4n) is 3.49. The van der Waals surface area contributed by atoms with Gasteiger partial charge in [0.15, 0.2) is 0 Å². The Balaban J connectivity index is 1.68. The van der Waals surface area contributed by atoms with Gasteiger partial charge in [0, 0.05) is 30.5 Å². The van der Waals surface area contributed by atoms with Crippen LogP contribution < -0.4 is 5.32 Å². The lowest BCUT2D eigenvalue weighted by Crippen LogP contribution is -2.38. The molecule has 0 saturated heterocycles. The highest BCUT2D eigenvalue weighted by molar-refractivity contribution is 6.32. The van der Waals surface area contributed by atoms with E-state index >= 15 is 0 Å². The van der Waals surface area contributed by atoms with Gasteiger partial charge in [0.2, 0.25) is 0 Å². The summed E-state index contributed by atoms with van der Waals surface area (Å²) in [6.45, 7) is 1.84. The SMILES string of the molecule is CCc1cc(NC(=O)N2CC=C(c3ncc([C@H](O)CO)cc3Cl)CC2)ccc1C(F)(F)F. The quantitative estimate of drug-likeness (QED) is 0.594. The summed E-state index contributed by atoms with van der Waals surface area (Å²) in [5.41, 5.74) is 1.50. The predicted molar refractivity (Wildman–Crippen MR) is 115 cm³/mol. The maximum absolute atomic E-state index is 13.1. The van der Waals surface area contributed by atoms with E-state index in [0.717, 1.165) is 11.6 Å². The van der Waals surface area contributed by atoms with Gasteiger partial charge in [0.1, 0.15) is 6.10 Å². The molecule has 1 aromatic heterocycles. The molecule has 2 amide bonds. The van der Waals surface area contributed by atoms with Gasteiger partial charge in [-0.3, -0.25) is 4.98 Å². The third kappa shape index (κ3) is 5.40. The van der Waals surface area contributed by atoms with Crippen molar-refractivity contribution in [2.75, 3.05) is 25.0 Å². The third-order valence-electron chi connectivity index (χ3n) is 5.26. The molecule has 1 aromatic carbocycles. The lowest BCUT2D eigenvalue weighted by Gasteiger charge is -2.27. The van der Waals surface area contributed by atoms with Gasteiger partial charge < -0.3 is 20.4 Å². The van der Waals surface area contributed by atoms with Crippen LogP contribution in [0.2, 0.25) is 5.02 Å². The van der Waals surface area contributed by atoms with Gasteiger partial charge in [-0.05, 0) is 48.2 Å². The number of aromatic nitrogens is 1. The molecule has 6 nitrogen and oxygen atoms in total. The zero-order chi connectivity index (χ0) is 23.5. The minimum atomic E-state index is -4.44. The van der Waals surface area contributed by atoms with Crippen LogP contribution in [0, 0.1) is 0 Å². The standard InChI is InChI=1S/C22H23ClF3N3O3/c1-2-13-9-16(3-4-17(13)22(24,25)26)28-21(32)29-7-5-14(6-8-29)20-18(23)10-15(11-27-20)19(31)12-30/h3-5,9-11,19,30-31H,2,6-8,12H2,1H3,(H,28,32)/t19-/m1/s1. The zero-order valence-electron chi connectivity index (χ0n) is 17.3. The topological polar surface area (TPSA) is 85.7 Å². The van der Waals surface area contributed by atoms with Crippen molar-refractivity contribution in [3.8, 4) is 0 Å². The van der Waals surface area contributed by atoms with E-state index in [9.17, 15) is 23.1 Å². The molecule has 2 aromatic rings. The van der Waals surface area contributed by atoms with Crippen LogP contribution in [-0.4, -0.2) is 45.8 Å². The fraction of sp³-hybridized carbons (Fsp3) is 0.364. The van der Waals surface area contributed by atoms with Gasteiger partial charge in [-0.1, -0.05) is 24.6 Å². The van der Waals surface area contributed by atoms with E-state index < -0.39 is 30.5 Å². The number of urea groups is 1. The first-order valence-electron chi connectivity index (χ1n) is 10.0. The van der Waals surface area contributed by atoms with E-state index in [2.05, 4.69) is 10.3 Å². The van der Waals surface area contributed by atoms with Crippen molar-refractivity contribution in [3.63, 3.8) is 0 Å². The number of nitrogens with zero attached hydrogens (tertiary/aromatic N) is 2. The second kappa shape index (κ2) is 9.89. The first-order valence-corrected chi connectivity index (χ1v) is 10.4. The van der Waals surface area contributed by atoms with E-state index in [-0.39, 0.29) is 18.5 Å². The Morgan fingerprint density at radius 1 is 1.34 bits per heavy atom. The van der Waals surface area contributed by atoms with Crippen LogP contribution in [0.1, 0.15) is 41.8 Å². The number of anilines is 1. The van der Waals surface area contributed by atoms with Gasteiger partial charge in [-0.15, -0.1) is 0 Å². The van der Waals surface area contributed by atoms with Crippen LogP contribution in [0.4, 0.5) is 23.7 Å². The summed E-state index contributed by atoms with van der Waals surface area (Å²) in [6.07, 6.45) is -1.58. The molecule has 0 aliphatic carbocycles. The molecule has 32 heavy (non-hydrogen) atoms. The highest BCUT2D eigenvalue weighted by atomic mass is 35.5. The van der Waals surface area contributed by atoms with E-state index in [1.807, 2.05) is 6.08 Å². The molecule has 172 valence electrons. The number of aryl methyl sites for hydroxylation is 1. The molecule has 1 aliphatic heterocycles. The van der Waals surface area contributed by atoms with Crippen molar-refractivity contribution in [2.45, 2.75) is 32.0 Å². The molecule has 2 heterocycles. The monoisotopic (exact) mass is 469 g/mol. The second-order valence-electron chi connectivity index (χ2n) is 7.38. The molecule has 0 radical (unpaired) electrons. The van der Waals surface area contributed by atoms with Crippen LogP contribution in [-0.2, 0) is 12.6 Å². The summed E-state index contributed by atoms with van der Waals surface area (Å²) >= 11 is 6.27. The Bertz CT molecular complexity index is 1030. The van der Waals surface area contributed by atoms with E-state index in [0.29, 0.717) is 34.9 Å². The molecule has 0 bridgehead atoms. The number of hydrogen-bond acceptors (Lipinski definition) is 4. The number of pyridine rings is 1. The van der Waals surface area contributed by atoms with Gasteiger partial charge in [-0.2, -0.15) is 13.2 Å². The Labute approximate surface area is 188 Å². The Kier molecular flexibility index (Phi) is 7.43. The highest BCUT2D eigenvalue weighted by Gasteiger charge is 2.33. The zero-order valence-corrected chi connectivity index (χ0v) is 18.0. The highest BCUT2D eigenvalue weighted by Crippen LogP contribution is 2.34. The summed E-state index contributed by atoms with van der Waals surface area (Å²) in [6, 6.07) is 4.70. The summed E-state index contributed by atoms with van der Waals surface area (Å²) in [5.74, 6) is 0. The smallest absolute Gasteiger partial charge is 0.393 e. The number of aliphatic hydroxyl groups excluding tert-OH is 2. The number of nitrogens with one attached hydrogen (secondary N) is 1. The molecule has 1 aliphatic rings. The summed E-state index contributed by atoms with van der Waals surface area (Å²) < 4.78 is 39.2. The predicted octanol–water partition coefficient (Wildman–Crippen LogP) is 4.66. The minimum Gasteiger partial charge on any atom is -0.393 e. The number of aliphatic hydroxyl groups is 2. The number of benzene rings is 1. The molecule has 3 rings (SSSR count). The fourth-order valence-corrected chi connectivity index (χ4v) is 3.78. The van der Waals surface area contributed by atoms with Crippen LogP contribution in [0.15, 0.2) is 36.5 Å². The van der Waals surface area contributed by atoms with Crippen LogP contribution >= 0.6 is 11.6 Å². The van der Waals surface area contributed by atoms with Crippen molar-refractivity contribution in [3.05, 3.63) is 63.9 Å². The number of alkyl halides is 3. The van der Waals surface area contributed by atoms with Gasteiger partial charge in [0.25, 0.3) is 0 Å². The molecular weight excluding hydrogens is 447 g/mol. The van der Waals surface area contributed by atoms with Gasteiger partial charge >= 0.3 is 12.2 Å². The molecule has 1 atom stereocenters. The number of halogens is 4. The largest absolute Gasteiger partial charge is 0.416 e. The first kappa shape index (κ1) is 24.0. The summed E-state index contributed by atoms with van der Waals surface area (Å²) in [5, 5.41) is 21.7. The Morgan fingerprint density at radius 2 is 2.09 bits per heavy atom. The van der Waals surface area contributed by atoms with Crippen molar-refractivity contribution < 1.29 is 28.2 Å². The average Bonchev–Trinajstić information content (AvgIpc) is 2.77. The average molecular weight is 470 g/mol. The molecule has 10 heteroatoms. The summed E-state index contributed by atoms with van der Waals surface area (Å²) in [7, 11) is 0. The number of rotatable bonds is 5. The van der Waals surface area contributed by atoms with Crippen molar-refractivity contribution in [1.82, 2.24) is 9.88 Å². The molecule has 0 fully saturated rings. The second-order valence-corrected chi connectivity index (χ2v) is 7.78. The van der Waals surface area contributed by atoms with Crippen molar-refractivity contribution in [2.24, 2.45) is 0 Å². The molecule has 0 unspecified atom stereocenters.